The topological polar surface area (TPSA) is 29.1 Å². The van der Waals surface area contributed by atoms with Crippen molar-refractivity contribution < 1.29 is 4.21 Å². The molecule has 1 aromatic carbocycles. The summed E-state index contributed by atoms with van der Waals surface area (Å²) in [4.78, 5) is 0. The summed E-state index contributed by atoms with van der Waals surface area (Å²) in [5.41, 5.74) is 1.05. The van der Waals surface area contributed by atoms with E-state index in [0.29, 0.717) is 12.3 Å². The molecule has 0 aromatic heterocycles. The molecule has 0 radical (unpaired) electrons. The molecular weight excluding hydrogens is 310 g/mol. The Labute approximate surface area is 112 Å². The van der Waals surface area contributed by atoms with E-state index >= 15 is 0 Å². The SMILES string of the molecule is CC(CS(C)=O)NCc1ccc(Br)cc1Cl. The molecule has 0 amide bonds. The number of halogens is 2. The second kappa shape index (κ2) is 6.74. The molecular formula is C11H15BrClNOS. The molecule has 2 unspecified atom stereocenters. The van der Waals surface area contributed by atoms with Crippen LogP contribution in [0, 0.1) is 0 Å². The molecule has 0 saturated carbocycles. The van der Waals surface area contributed by atoms with E-state index in [9.17, 15) is 4.21 Å². The minimum absolute atomic E-state index is 0.227. The van der Waals surface area contributed by atoms with Crippen LogP contribution >= 0.6 is 27.5 Å². The van der Waals surface area contributed by atoms with Crippen LogP contribution < -0.4 is 5.32 Å². The van der Waals surface area contributed by atoms with Gasteiger partial charge in [0.05, 0.1) is 0 Å². The van der Waals surface area contributed by atoms with Gasteiger partial charge < -0.3 is 5.32 Å². The van der Waals surface area contributed by atoms with E-state index < -0.39 is 10.8 Å². The first kappa shape index (κ1) is 14.2. The summed E-state index contributed by atoms with van der Waals surface area (Å²) in [5, 5.41) is 4.04. The standard InChI is InChI=1S/C11H15BrClNOS/c1-8(7-16(2)15)14-6-9-3-4-10(12)5-11(9)13/h3-5,8,14H,6-7H2,1-2H3. The number of hydrogen-bond acceptors (Lipinski definition) is 2. The van der Waals surface area contributed by atoms with Crippen LogP contribution in [0.15, 0.2) is 22.7 Å². The normalized spacial score (nSPS) is 14.8. The highest BCUT2D eigenvalue weighted by atomic mass is 79.9. The fraction of sp³-hybridized carbons (Fsp3) is 0.455. The minimum Gasteiger partial charge on any atom is -0.309 e. The summed E-state index contributed by atoms with van der Waals surface area (Å²) in [6.07, 6.45) is 1.71. The average Bonchev–Trinajstić information content (AvgIpc) is 2.15. The van der Waals surface area contributed by atoms with Gasteiger partial charge >= 0.3 is 0 Å². The van der Waals surface area contributed by atoms with Crippen molar-refractivity contribution in [1.29, 1.82) is 0 Å². The van der Waals surface area contributed by atoms with Gasteiger partial charge in [0.2, 0.25) is 0 Å². The quantitative estimate of drug-likeness (QED) is 0.902. The molecule has 1 rings (SSSR count). The largest absolute Gasteiger partial charge is 0.309 e. The smallest absolute Gasteiger partial charge is 0.0462 e. The van der Waals surface area contributed by atoms with Gasteiger partial charge in [0.1, 0.15) is 0 Å². The molecule has 90 valence electrons. The summed E-state index contributed by atoms with van der Waals surface area (Å²) < 4.78 is 12.0. The fourth-order valence-corrected chi connectivity index (χ4v) is 2.92. The van der Waals surface area contributed by atoms with E-state index in [1.807, 2.05) is 25.1 Å². The van der Waals surface area contributed by atoms with Crippen molar-refractivity contribution in [3.05, 3.63) is 33.3 Å². The predicted molar refractivity (Wildman–Crippen MR) is 74.4 cm³/mol. The van der Waals surface area contributed by atoms with Gasteiger partial charge in [0, 0.05) is 44.9 Å². The summed E-state index contributed by atoms with van der Waals surface area (Å²) >= 11 is 9.45. The Bertz CT molecular complexity index is 386. The van der Waals surface area contributed by atoms with Gasteiger partial charge in [0.25, 0.3) is 0 Å². The Kier molecular flexibility index (Phi) is 5.97. The van der Waals surface area contributed by atoms with Gasteiger partial charge in [-0.15, -0.1) is 0 Å². The van der Waals surface area contributed by atoms with E-state index in [4.69, 9.17) is 11.6 Å². The molecule has 5 heteroatoms. The molecule has 0 spiro atoms. The molecule has 0 aliphatic rings. The second-order valence-electron chi connectivity index (χ2n) is 3.76. The van der Waals surface area contributed by atoms with Crippen LogP contribution in [-0.2, 0) is 17.3 Å². The van der Waals surface area contributed by atoms with Crippen molar-refractivity contribution in [3.63, 3.8) is 0 Å². The molecule has 0 saturated heterocycles. The lowest BCUT2D eigenvalue weighted by molar-refractivity contribution is 0.587. The zero-order valence-electron chi connectivity index (χ0n) is 9.30. The van der Waals surface area contributed by atoms with Gasteiger partial charge in [-0.1, -0.05) is 33.6 Å². The van der Waals surface area contributed by atoms with Gasteiger partial charge in [0.15, 0.2) is 0 Å². The number of benzene rings is 1. The molecule has 2 atom stereocenters. The van der Waals surface area contributed by atoms with Crippen LogP contribution in [0.4, 0.5) is 0 Å². The number of hydrogen-bond donors (Lipinski definition) is 1. The van der Waals surface area contributed by atoms with Crippen molar-refractivity contribution in [1.82, 2.24) is 5.32 Å². The van der Waals surface area contributed by atoms with E-state index in [-0.39, 0.29) is 6.04 Å². The average molecular weight is 325 g/mol. The van der Waals surface area contributed by atoms with Crippen molar-refractivity contribution >= 4 is 38.3 Å². The Morgan fingerprint density at radius 2 is 2.25 bits per heavy atom. The number of nitrogens with one attached hydrogen (secondary N) is 1. The molecule has 16 heavy (non-hydrogen) atoms. The lowest BCUT2D eigenvalue weighted by Gasteiger charge is -2.13. The zero-order chi connectivity index (χ0) is 12.1. The monoisotopic (exact) mass is 323 g/mol. The first-order valence-electron chi connectivity index (χ1n) is 4.96. The third kappa shape index (κ3) is 4.95. The molecule has 0 fully saturated rings. The molecule has 1 aromatic rings. The van der Waals surface area contributed by atoms with E-state index in [1.165, 1.54) is 0 Å². The maximum absolute atomic E-state index is 11.0. The van der Waals surface area contributed by atoms with E-state index in [1.54, 1.807) is 6.26 Å². The van der Waals surface area contributed by atoms with Gasteiger partial charge in [-0.05, 0) is 24.6 Å². The fourth-order valence-electron chi connectivity index (χ4n) is 1.36. The maximum atomic E-state index is 11.0. The highest BCUT2D eigenvalue weighted by Crippen LogP contribution is 2.21. The van der Waals surface area contributed by atoms with Crippen LogP contribution in [0.5, 0.6) is 0 Å². The third-order valence-corrected chi connectivity index (χ3v) is 3.96. The van der Waals surface area contributed by atoms with Crippen LogP contribution in [0.3, 0.4) is 0 Å². The lowest BCUT2D eigenvalue weighted by atomic mass is 10.2. The van der Waals surface area contributed by atoms with E-state index in [2.05, 4.69) is 21.2 Å². The summed E-state index contributed by atoms with van der Waals surface area (Å²) in [5.74, 6) is 0.661. The third-order valence-electron chi connectivity index (χ3n) is 2.14. The molecule has 1 N–H and O–H groups in total. The second-order valence-corrected chi connectivity index (χ2v) is 6.56. The lowest BCUT2D eigenvalue weighted by Crippen LogP contribution is -2.30. The Morgan fingerprint density at radius 3 is 2.81 bits per heavy atom. The summed E-state index contributed by atoms with van der Waals surface area (Å²) in [6, 6.07) is 6.05. The highest BCUT2D eigenvalue weighted by molar-refractivity contribution is 9.10. The molecule has 0 heterocycles. The Hall–Kier alpha value is 0.1000. The Morgan fingerprint density at radius 1 is 1.56 bits per heavy atom. The first-order valence-corrected chi connectivity index (χ1v) is 7.86. The van der Waals surface area contributed by atoms with Crippen molar-refractivity contribution in [3.8, 4) is 0 Å². The summed E-state index contributed by atoms with van der Waals surface area (Å²) in [6.45, 7) is 2.72. The van der Waals surface area contributed by atoms with Crippen molar-refractivity contribution in [2.45, 2.75) is 19.5 Å². The van der Waals surface area contributed by atoms with Crippen LogP contribution in [0.25, 0.3) is 0 Å². The summed E-state index contributed by atoms with van der Waals surface area (Å²) in [7, 11) is -0.766. The van der Waals surface area contributed by atoms with Gasteiger partial charge in [-0.2, -0.15) is 0 Å². The number of rotatable bonds is 5. The van der Waals surface area contributed by atoms with Crippen molar-refractivity contribution in [2.75, 3.05) is 12.0 Å². The first-order chi connectivity index (χ1) is 7.49. The van der Waals surface area contributed by atoms with Crippen molar-refractivity contribution in [2.24, 2.45) is 0 Å². The maximum Gasteiger partial charge on any atom is 0.0462 e. The zero-order valence-corrected chi connectivity index (χ0v) is 12.5. The van der Waals surface area contributed by atoms with Crippen LogP contribution in [0.2, 0.25) is 5.02 Å². The van der Waals surface area contributed by atoms with Crippen LogP contribution in [-0.4, -0.2) is 22.3 Å². The Balaban J connectivity index is 2.51. The molecule has 2 nitrogen and oxygen atoms in total. The van der Waals surface area contributed by atoms with E-state index in [0.717, 1.165) is 15.1 Å². The van der Waals surface area contributed by atoms with Gasteiger partial charge in [-0.3, -0.25) is 4.21 Å². The van der Waals surface area contributed by atoms with Crippen LogP contribution in [0.1, 0.15) is 12.5 Å². The van der Waals surface area contributed by atoms with Gasteiger partial charge in [-0.25, -0.2) is 0 Å². The molecule has 0 bridgehead atoms. The molecule has 0 aliphatic carbocycles. The predicted octanol–water partition coefficient (Wildman–Crippen LogP) is 2.96. The highest BCUT2D eigenvalue weighted by Gasteiger charge is 2.05. The molecule has 0 aliphatic heterocycles. The minimum atomic E-state index is -0.766.